The Kier molecular flexibility index (Phi) is 7.02. The molecule has 2 rings (SSSR count). The normalized spacial score (nSPS) is 10.5. The largest absolute Gasteiger partial charge is 1.00 e. The van der Waals surface area contributed by atoms with Gasteiger partial charge < -0.3 is 17.0 Å². The molecular weight excluding hydrogens is 288 g/mol. The number of aryl methyl sites for hydroxylation is 1. The van der Waals surface area contributed by atoms with Crippen LogP contribution in [-0.4, -0.2) is 4.40 Å². The van der Waals surface area contributed by atoms with Gasteiger partial charge >= 0.3 is 0 Å². The van der Waals surface area contributed by atoms with E-state index >= 15 is 0 Å². The van der Waals surface area contributed by atoms with E-state index in [1.807, 2.05) is 0 Å². The minimum Gasteiger partial charge on any atom is -1.00 e. The highest BCUT2D eigenvalue weighted by Gasteiger charge is 2.06. The zero-order chi connectivity index (χ0) is 11.9. The van der Waals surface area contributed by atoms with Gasteiger partial charge in [-0.3, -0.25) is 0 Å². The minimum atomic E-state index is 0. The Hall–Kier alpha value is -0.830. The molecule has 2 aromatic heterocycles. The molecular formula is C15H23BrN2. The van der Waals surface area contributed by atoms with Gasteiger partial charge in [-0.2, -0.15) is 0 Å². The molecule has 0 aliphatic heterocycles. The summed E-state index contributed by atoms with van der Waals surface area (Å²) in [5.41, 5.74) is 1.29. The lowest BCUT2D eigenvalue weighted by Gasteiger charge is -1.99. The van der Waals surface area contributed by atoms with Crippen LogP contribution in [0.3, 0.4) is 0 Å². The standard InChI is InChI=1S/C15H23N2.BrH/c1-2-3-4-5-6-8-11-16-13-14-17-12-9-7-10-15(16)17;/h7,9-10,12-14H,2-6,8,11H2,1H3;1H/q+1;/p-1. The second-order valence-electron chi connectivity index (χ2n) is 4.73. The van der Waals surface area contributed by atoms with Crippen molar-refractivity contribution in [2.45, 2.75) is 52.0 Å². The zero-order valence-corrected chi connectivity index (χ0v) is 12.8. The van der Waals surface area contributed by atoms with Gasteiger partial charge in [0.2, 0.25) is 0 Å². The van der Waals surface area contributed by atoms with Crippen LogP contribution in [0.15, 0.2) is 36.8 Å². The Morgan fingerprint density at radius 2 is 1.78 bits per heavy atom. The first kappa shape index (κ1) is 15.2. The van der Waals surface area contributed by atoms with Crippen LogP contribution in [0.2, 0.25) is 0 Å². The van der Waals surface area contributed by atoms with Crippen LogP contribution in [0.5, 0.6) is 0 Å². The van der Waals surface area contributed by atoms with Crippen molar-refractivity contribution < 1.29 is 21.5 Å². The number of pyridine rings is 1. The van der Waals surface area contributed by atoms with Crippen LogP contribution in [0.4, 0.5) is 0 Å². The van der Waals surface area contributed by atoms with Crippen LogP contribution >= 0.6 is 0 Å². The lowest BCUT2D eigenvalue weighted by Crippen LogP contribution is -3.00. The van der Waals surface area contributed by atoms with Crippen molar-refractivity contribution in [2.75, 3.05) is 0 Å². The molecule has 0 N–H and O–H groups in total. The molecule has 0 fully saturated rings. The molecule has 0 bridgehead atoms. The van der Waals surface area contributed by atoms with Crippen molar-refractivity contribution in [3.8, 4) is 0 Å². The average Bonchev–Trinajstić information content (AvgIpc) is 2.77. The van der Waals surface area contributed by atoms with E-state index in [2.05, 4.69) is 52.7 Å². The highest BCUT2D eigenvalue weighted by Crippen LogP contribution is 2.05. The van der Waals surface area contributed by atoms with Crippen LogP contribution in [-0.2, 0) is 6.54 Å². The maximum atomic E-state index is 2.35. The number of hydrogen-bond donors (Lipinski definition) is 0. The molecule has 0 saturated carbocycles. The van der Waals surface area contributed by atoms with E-state index < -0.39 is 0 Å². The van der Waals surface area contributed by atoms with Gasteiger partial charge in [-0.15, -0.1) is 0 Å². The first-order valence-electron chi connectivity index (χ1n) is 6.87. The van der Waals surface area contributed by atoms with E-state index in [1.165, 1.54) is 44.2 Å². The van der Waals surface area contributed by atoms with E-state index in [1.54, 1.807) is 0 Å². The van der Waals surface area contributed by atoms with Crippen molar-refractivity contribution in [1.82, 2.24) is 4.40 Å². The molecule has 0 aliphatic rings. The molecule has 2 heterocycles. The Bertz CT molecular complexity index is 450. The summed E-state index contributed by atoms with van der Waals surface area (Å²) in [4.78, 5) is 0. The quantitative estimate of drug-likeness (QED) is 0.523. The third-order valence-corrected chi connectivity index (χ3v) is 3.32. The van der Waals surface area contributed by atoms with Crippen LogP contribution in [0.1, 0.15) is 45.4 Å². The third kappa shape index (κ3) is 4.13. The van der Waals surface area contributed by atoms with Crippen molar-refractivity contribution in [2.24, 2.45) is 0 Å². The van der Waals surface area contributed by atoms with E-state index in [4.69, 9.17) is 0 Å². The minimum absolute atomic E-state index is 0. The summed E-state index contributed by atoms with van der Waals surface area (Å²) in [6.07, 6.45) is 14.6. The number of rotatable bonds is 7. The van der Waals surface area contributed by atoms with Crippen molar-refractivity contribution >= 4 is 5.65 Å². The maximum absolute atomic E-state index is 2.35. The summed E-state index contributed by atoms with van der Waals surface area (Å²) in [6.45, 7) is 3.41. The summed E-state index contributed by atoms with van der Waals surface area (Å²) >= 11 is 0. The topological polar surface area (TPSA) is 8.29 Å². The molecule has 18 heavy (non-hydrogen) atoms. The zero-order valence-electron chi connectivity index (χ0n) is 11.2. The Labute approximate surface area is 120 Å². The molecule has 0 saturated heterocycles. The second-order valence-corrected chi connectivity index (χ2v) is 4.73. The summed E-state index contributed by atoms with van der Waals surface area (Å²) < 4.78 is 4.52. The van der Waals surface area contributed by atoms with Gasteiger partial charge in [0.1, 0.15) is 12.4 Å². The summed E-state index contributed by atoms with van der Waals surface area (Å²) in [7, 11) is 0. The monoisotopic (exact) mass is 310 g/mol. The Balaban J connectivity index is 0.00000162. The predicted molar refractivity (Wildman–Crippen MR) is 71.0 cm³/mol. The molecule has 0 radical (unpaired) electrons. The lowest BCUT2D eigenvalue weighted by atomic mass is 10.1. The number of unbranched alkanes of at least 4 members (excludes halogenated alkanes) is 5. The van der Waals surface area contributed by atoms with Crippen LogP contribution in [0.25, 0.3) is 5.65 Å². The number of nitrogens with zero attached hydrogens (tertiary/aromatic N) is 2. The van der Waals surface area contributed by atoms with Crippen LogP contribution < -0.4 is 21.5 Å². The highest BCUT2D eigenvalue weighted by atomic mass is 79.9. The number of halogens is 1. The summed E-state index contributed by atoms with van der Waals surface area (Å²) in [6, 6.07) is 6.35. The molecule has 0 aliphatic carbocycles. The second kappa shape index (κ2) is 8.30. The number of hydrogen-bond acceptors (Lipinski definition) is 0. The molecule has 0 unspecified atom stereocenters. The fraction of sp³-hybridized carbons (Fsp3) is 0.533. The number of aromatic nitrogens is 2. The summed E-state index contributed by atoms with van der Waals surface area (Å²) in [5.74, 6) is 0. The molecule has 2 aromatic rings. The molecule has 0 atom stereocenters. The molecule has 100 valence electrons. The fourth-order valence-corrected chi connectivity index (χ4v) is 2.30. The molecule has 3 heteroatoms. The van der Waals surface area contributed by atoms with Gasteiger partial charge in [0, 0.05) is 6.07 Å². The SMILES string of the molecule is CCCCCCCC[n+]1ccn2ccccc21.[Br-]. The highest BCUT2D eigenvalue weighted by molar-refractivity contribution is 5.30. The molecule has 0 spiro atoms. The van der Waals surface area contributed by atoms with Crippen molar-refractivity contribution in [3.63, 3.8) is 0 Å². The van der Waals surface area contributed by atoms with E-state index in [0.29, 0.717) is 0 Å². The first-order valence-corrected chi connectivity index (χ1v) is 6.87. The molecule has 2 nitrogen and oxygen atoms in total. The summed E-state index contributed by atoms with van der Waals surface area (Å²) in [5, 5.41) is 0. The van der Waals surface area contributed by atoms with Crippen LogP contribution in [0, 0.1) is 0 Å². The van der Waals surface area contributed by atoms with Gasteiger partial charge in [-0.25, -0.2) is 8.97 Å². The van der Waals surface area contributed by atoms with Gasteiger partial charge in [0.05, 0.1) is 12.7 Å². The maximum Gasteiger partial charge on any atom is 0.286 e. The number of fused-ring (bicyclic) bond motifs is 1. The fourth-order valence-electron chi connectivity index (χ4n) is 2.30. The molecule has 0 aromatic carbocycles. The predicted octanol–water partition coefficient (Wildman–Crippen LogP) is 0.591. The van der Waals surface area contributed by atoms with E-state index in [-0.39, 0.29) is 17.0 Å². The number of imidazole rings is 1. The Morgan fingerprint density at radius 3 is 2.61 bits per heavy atom. The van der Waals surface area contributed by atoms with Crippen molar-refractivity contribution in [1.29, 1.82) is 0 Å². The first-order chi connectivity index (χ1) is 8.42. The van der Waals surface area contributed by atoms with Gasteiger partial charge in [0.25, 0.3) is 5.65 Å². The van der Waals surface area contributed by atoms with E-state index in [0.717, 1.165) is 6.54 Å². The van der Waals surface area contributed by atoms with Crippen molar-refractivity contribution in [3.05, 3.63) is 36.8 Å². The smallest absolute Gasteiger partial charge is 0.286 e. The van der Waals surface area contributed by atoms with Gasteiger partial charge in [0.15, 0.2) is 0 Å². The molecule has 0 amide bonds. The van der Waals surface area contributed by atoms with E-state index in [9.17, 15) is 0 Å². The Morgan fingerprint density at radius 1 is 1.00 bits per heavy atom. The third-order valence-electron chi connectivity index (χ3n) is 3.32. The van der Waals surface area contributed by atoms with Gasteiger partial charge in [-0.05, 0) is 18.9 Å². The lowest BCUT2D eigenvalue weighted by molar-refractivity contribution is -0.671. The van der Waals surface area contributed by atoms with Gasteiger partial charge in [-0.1, -0.05) is 38.7 Å². The average molecular weight is 311 g/mol.